The van der Waals surface area contributed by atoms with Crippen molar-refractivity contribution in [3.63, 3.8) is 0 Å². The van der Waals surface area contributed by atoms with Crippen molar-refractivity contribution in [3.05, 3.63) is 30.6 Å². The average Bonchev–Trinajstić information content (AvgIpc) is 2.70. The van der Waals surface area contributed by atoms with Crippen LogP contribution < -0.4 is 5.32 Å². The van der Waals surface area contributed by atoms with Gasteiger partial charge in [0.1, 0.15) is 12.1 Å². The Morgan fingerprint density at radius 1 is 1.33 bits per heavy atom. The van der Waals surface area contributed by atoms with E-state index in [-0.39, 0.29) is 11.6 Å². The second-order valence-electron chi connectivity index (χ2n) is 5.04. The van der Waals surface area contributed by atoms with Crippen LogP contribution >= 0.6 is 0 Å². The SMILES string of the molecule is CC1OCCC1(C)Nc1ncnc2ccccc12. The number of aromatic nitrogens is 2. The topological polar surface area (TPSA) is 47.0 Å². The fraction of sp³-hybridized carbons (Fsp3) is 0.429. The van der Waals surface area contributed by atoms with Gasteiger partial charge < -0.3 is 10.1 Å². The van der Waals surface area contributed by atoms with Crippen LogP contribution in [0.1, 0.15) is 20.3 Å². The third-order valence-electron chi connectivity index (χ3n) is 3.83. The molecule has 0 amide bonds. The van der Waals surface area contributed by atoms with Crippen LogP contribution in [0.2, 0.25) is 0 Å². The summed E-state index contributed by atoms with van der Waals surface area (Å²) in [5, 5.41) is 4.59. The Bertz CT molecular complexity index is 566. The quantitative estimate of drug-likeness (QED) is 0.880. The molecular formula is C14H17N3O. The lowest BCUT2D eigenvalue weighted by molar-refractivity contribution is 0.105. The number of hydrogen-bond donors (Lipinski definition) is 1. The molecule has 1 aliphatic heterocycles. The van der Waals surface area contributed by atoms with Gasteiger partial charge >= 0.3 is 0 Å². The van der Waals surface area contributed by atoms with Gasteiger partial charge in [0.25, 0.3) is 0 Å². The lowest BCUT2D eigenvalue weighted by Crippen LogP contribution is -2.41. The van der Waals surface area contributed by atoms with Gasteiger partial charge in [0.15, 0.2) is 0 Å². The predicted octanol–water partition coefficient (Wildman–Crippen LogP) is 2.61. The number of para-hydroxylation sites is 1. The van der Waals surface area contributed by atoms with Crippen molar-refractivity contribution < 1.29 is 4.74 Å². The molecule has 0 bridgehead atoms. The number of nitrogens with one attached hydrogen (secondary N) is 1. The summed E-state index contributed by atoms with van der Waals surface area (Å²) in [5.74, 6) is 0.889. The highest BCUT2D eigenvalue weighted by atomic mass is 16.5. The van der Waals surface area contributed by atoms with E-state index in [0.717, 1.165) is 29.7 Å². The summed E-state index contributed by atoms with van der Waals surface area (Å²) in [6.07, 6.45) is 2.78. The summed E-state index contributed by atoms with van der Waals surface area (Å²) in [7, 11) is 0. The smallest absolute Gasteiger partial charge is 0.137 e. The first-order valence-corrected chi connectivity index (χ1v) is 6.28. The van der Waals surface area contributed by atoms with Gasteiger partial charge in [-0.25, -0.2) is 9.97 Å². The number of hydrogen-bond acceptors (Lipinski definition) is 4. The van der Waals surface area contributed by atoms with Crippen molar-refractivity contribution >= 4 is 16.7 Å². The molecule has 0 saturated carbocycles. The molecule has 4 heteroatoms. The van der Waals surface area contributed by atoms with E-state index in [9.17, 15) is 0 Å². The number of rotatable bonds is 2. The molecule has 1 N–H and O–H groups in total. The van der Waals surface area contributed by atoms with Gasteiger partial charge in [0.2, 0.25) is 0 Å². The Hall–Kier alpha value is -1.68. The van der Waals surface area contributed by atoms with Crippen LogP contribution in [-0.4, -0.2) is 28.2 Å². The van der Waals surface area contributed by atoms with Crippen LogP contribution in [0.3, 0.4) is 0 Å². The molecule has 0 spiro atoms. The zero-order chi connectivity index (χ0) is 12.6. The highest BCUT2D eigenvalue weighted by Crippen LogP contribution is 2.30. The van der Waals surface area contributed by atoms with Crippen LogP contribution in [0.5, 0.6) is 0 Å². The Morgan fingerprint density at radius 2 is 2.17 bits per heavy atom. The van der Waals surface area contributed by atoms with Gasteiger partial charge in [-0.05, 0) is 32.4 Å². The molecule has 94 valence electrons. The van der Waals surface area contributed by atoms with Crippen molar-refractivity contribution in [1.29, 1.82) is 0 Å². The molecule has 1 saturated heterocycles. The van der Waals surface area contributed by atoms with E-state index < -0.39 is 0 Å². The van der Waals surface area contributed by atoms with Crippen molar-refractivity contribution in [2.45, 2.75) is 31.9 Å². The second-order valence-corrected chi connectivity index (χ2v) is 5.04. The van der Waals surface area contributed by atoms with Crippen molar-refractivity contribution in [2.75, 3.05) is 11.9 Å². The molecule has 1 fully saturated rings. The van der Waals surface area contributed by atoms with E-state index in [2.05, 4.69) is 29.1 Å². The number of nitrogens with zero attached hydrogens (tertiary/aromatic N) is 2. The van der Waals surface area contributed by atoms with E-state index in [4.69, 9.17) is 4.74 Å². The lowest BCUT2D eigenvalue weighted by Gasteiger charge is -2.29. The molecule has 2 atom stereocenters. The summed E-state index contributed by atoms with van der Waals surface area (Å²) in [5.41, 5.74) is 0.905. The number of anilines is 1. The Morgan fingerprint density at radius 3 is 2.94 bits per heavy atom. The molecule has 2 heterocycles. The molecule has 18 heavy (non-hydrogen) atoms. The number of fused-ring (bicyclic) bond motifs is 1. The summed E-state index contributed by atoms with van der Waals surface area (Å²) in [4.78, 5) is 8.65. The normalized spacial score (nSPS) is 27.6. The largest absolute Gasteiger partial charge is 0.376 e. The maximum absolute atomic E-state index is 5.65. The highest BCUT2D eigenvalue weighted by molar-refractivity contribution is 5.88. The summed E-state index contributed by atoms with van der Waals surface area (Å²) >= 11 is 0. The maximum atomic E-state index is 5.65. The Balaban J connectivity index is 2.00. The van der Waals surface area contributed by atoms with E-state index in [0.29, 0.717) is 0 Å². The van der Waals surface area contributed by atoms with Crippen LogP contribution in [0.4, 0.5) is 5.82 Å². The molecule has 1 aromatic heterocycles. The zero-order valence-corrected chi connectivity index (χ0v) is 10.7. The molecule has 1 aromatic carbocycles. The van der Waals surface area contributed by atoms with Crippen molar-refractivity contribution in [1.82, 2.24) is 9.97 Å². The zero-order valence-electron chi connectivity index (χ0n) is 10.7. The minimum Gasteiger partial charge on any atom is -0.376 e. The van der Waals surface area contributed by atoms with Gasteiger partial charge in [-0.1, -0.05) is 12.1 Å². The molecule has 0 radical (unpaired) electrons. The summed E-state index contributed by atoms with van der Waals surface area (Å²) < 4.78 is 5.65. The van der Waals surface area contributed by atoms with Gasteiger partial charge in [-0.2, -0.15) is 0 Å². The van der Waals surface area contributed by atoms with Crippen LogP contribution in [0.25, 0.3) is 10.9 Å². The van der Waals surface area contributed by atoms with Crippen molar-refractivity contribution in [2.24, 2.45) is 0 Å². The maximum Gasteiger partial charge on any atom is 0.137 e. The standard InChI is InChI=1S/C14H17N3O/c1-10-14(2,7-8-18-10)17-13-11-5-3-4-6-12(11)15-9-16-13/h3-6,9-10H,7-8H2,1-2H3,(H,15,16,17). The fourth-order valence-electron chi connectivity index (χ4n) is 2.37. The van der Waals surface area contributed by atoms with Crippen LogP contribution in [0.15, 0.2) is 30.6 Å². The summed E-state index contributed by atoms with van der Waals surface area (Å²) in [6.45, 7) is 5.08. The van der Waals surface area contributed by atoms with Gasteiger partial charge in [0.05, 0.1) is 17.2 Å². The monoisotopic (exact) mass is 243 g/mol. The minimum atomic E-state index is -0.0584. The molecule has 3 rings (SSSR count). The molecule has 4 nitrogen and oxygen atoms in total. The van der Waals surface area contributed by atoms with E-state index >= 15 is 0 Å². The Kier molecular flexibility index (Phi) is 2.67. The molecule has 2 unspecified atom stereocenters. The predicted molar refractivity (Wildman–Crippen MR) is 71.6 cm³/mol. The van der Waals surface area contributed by atoms with E-state index in [1.165, 1.54) is 0 Å². The lowest BCUT2D eigenvalue weighted by atomic mass is 9.94. The second kappa shape index (κ2) is 4.21. The Labute approximate surface area is 106 Å². The first kappa shape index (κ1) is 11.4. The van der Waals surface area contributed by atoms with Crippen LogP contribution in [-0.2, 0) is 4.74 Å². The molecule has 0 aliphatic carbocycles. The van der Waals surface area contributed by atoms with Gasteiger partial charge in [0, 0.05) is 12.0 Å². The van der Waals surface area contributed by atoms with Crippen molar-refractivity contribution in [3.8, 4) is 0 Å². The molecule has 2 aromatic rings. The molecular weight excluding hydrogens is 226 g/mol. The fourth-order valence-corrected chi connectivity index (χ4v) is 2.37. The third-order valence-corrected chi connectivity index (χ3v) is 3.83. The summed E-state index contributed by atoms with van der Waals surface area (Å²) in [6, 6.07) is 8.04. The highest BCUT2D eigenvalue weighted by Gasteiger charge is 2.37. The first-order chi connectivity index (χ1) is 8.69. The number of benzene rings is 1. The average molecular weight is 243 g/mol. The third kappa shape index (κ3) is 1.82. The van der Waals surface area contributed by atoms with E-state index in [1.54, 1.807) is 6.33 Å². The van der Waals surface area contributed by atoms with E-state index in [1.807, 2.05) is 24.3 Å². The minimum absolute atomic E-state index is 0.0584. The number of ether oxygens (including phenoxy) is 1. The molecule has 1 aliphatic rings. The first-order valence-electron chi connectivity index (χ1n) is 6.28. The van der Waals surface area contributed by atoms with Gasteiger partial charge in [-0.15, -0.1) is 0 Å². The van der Waals surface area contributed by atoms with Crippen LogP contribution in [0, 0.1) is 0 Å². The van der Waals surface area contributed by atoms with Gasteiger partial charge in [-0.3, -0.25) is 0 Å².